The normalized spacial score (nSPS) is 11.2. The summed E-state index contributed by atoms with van der Waals surface area (Å²) in [5.74, 6) is 0.0772. The number of carbonyl (C=O) groups is 1. The average molecular weight is 378 g/mol. The highest BCUT2D eigenvalue weighted by Crippen LogP contribution is 2.25. The molecule has 0 aliphatic rings. The molecule has 1 N–H and O–H groups in total. The number of carboxylic acids is 1. The lowest BCUT2D eigenvalue weighted by atomic mass is 10.1. The zero-order chi connectivity index (χ0) is 18.2. The van der Waals surface area contributed by atoms with E-state index in [1.165, 1.54) is 11.8 Å². The Bertz CT molecular complexity index is 781. The van der Waals surface area contributed by atoms with Crippen molar-refractivity contribution in [3.8, 4) is 5.75 Å². The van der Waals surface area contributed by atoms with Crippen molar-refractivity contribution in [2.24, 2.45) is 5.10 Å². The molecular weight excluding hydrogens is 360 g/mol. The number of aliphatic carboxylic acids is 1. The molecule has 0 radical (unpaired) electrons. The molecule has 0 saturated heterocycles. The van der Waals surface area contributed by atoms with Crippen LogP contribution < -0.4 is 15.3 Å². The molecule has 0 fully saturated rings. The summed E-state index contributed by atoms with van der Waals surface area (Å²) in [4.78, 5) is 10.6. The van der Waals surface area contributed by atoms with Gasteiger partial charge in [-0.25, -0.2) is 0 Å². The lowest BCUT2D eigenvalue weighted by Crippen LogP contribution is -2.24. The van der Waals surface area contributed by atoms with Crippen LogP contribution in [-0.2, 0) is 10.5 Å². The Morgan fingerprint density at radius 2 is 2.08 bits per heavy atom. The van der Waals surface area contributed by atoms with E-state index in [1.807, 2.05) is 43.3 Å². The van der Waals surface area contributed by atoms with Crippen LogP contribution >= 0.6 is 23.4 Å². The number of rotatable bonds is 8. The van der Waals surface area contributed by atoms with E-state index in [2.05, 4.69) is 10.5 Å². The monoisotopic (exact) mass is 377 g/mol. The number of halogens is 1. The molecule has 0 aliphatic carbocycles. The van der Waals surface area contributed by atoms with Crippen LogP contribution in [0.15, 0.2) is 47.6 Å². The van der Waals surface area contributed by atoms with E-state index in [-0.39, 0.29) is 5.75 Å². The summed E-state index contributed by atoms with van der Waals surface area (Å²) < 4.78 is 5.33. The highest BCUT2D eigenvalue weighted by Gasteiger charge is 2.07. The second kappa shape index (κ2) is 9.34. The number of thioether (sulfide) groups is 1. The van der Waals surface area contributed by atoms with Crippen LogP contribution in [0.1, 0.15) is 18.1 Å². The quantitative estimate of drug-likeness (QED) is 0.565. The van der Waals surface area contributed by atoms with Crippen molar-refractivity contribution in [2.45, 2.75) is 12.7 Å². The Kier molecular flexibility index (Phi) is 7.16. The molecule has 0 spiro atoms. The van der Waals surface area contributed by atoms with E-state index in [4.69, 9.17) is 16.3 Å². The van der Waals surface area contributed by atoms with Gasteiger partial charge >= 0.3 is 0 Å². The lowest BCUT2D eigenvalue weighted by Gasteiger charge is -2.11. The summed E-state index contributed by atoms with van der Waals surface area (Å²) in [6.07, 6.45) is 0. The number of nitrogens with zero attached hydrogens (tertiary/aromatic N) is 1. The molecule has 132 valence electrons. The minimum atomic E-state index is -1.08. The van der Waals surface area contributed by atoms with Crippen LogP contribution in [0.2, 0.25) is 5.02 Å². The van der Waals surface area contributed by atoms with E-state index < -0.39 is 5.97 Å². The molecule has 25 heavy (non-hydrogen) atoms. The number of methoxy groups -OCH3 is 1. The number of para-hydroxylation sites is 1. The maximum atomic E-state index is 10.6. The maximum absolute atomic E-state index is 10.6. The number of carbonyl (C=O) groups excluding carboxylic acids is 1. The van der Waals surface area contributed by atoms with Crippen LogP contribution in [0.4, 0.5) is 5.69 Å². The third-order valence-corrected chi connectivity index (χ3v) is 4.68. The zero-order valence-electron chi connectivity index (χ0n) is 13.9. The molecule has 2 aromatic rings. The molecule has 0 heterocycles. The SMILES string of the molecule is COc1ccc(/C(C)=N\Nc2ccccc2Cl)cc1CSCC(=O)[O-]. The van der Waals surface area contributed by atoms with Crippen molar-refractivity contribution in [3.63, 3.8) is 0 Å². The average Bonchev–Trinajstić information content (AvgIpc) is 2.60. The van der Waals surface area contributed by atoms with Crippen LogP contribution in [0.5, 0.6) is 5.75 Å². The molecule has 0 atom stereocenters. The summed E-state index contributed by atoms with van der Waals surface area (Å²) in [6.45, 7) is 1.88. The molecule has 7 heteroatoms. The number of nitrogens with one attached hydrogen (secondary N) is 1. The molecule has 0 aliphatic heterocycles. The van der Waals surface area contributed by atoms with Crippen molar-refractivity contribution < 1.29 is 14.6 Å². The van der Waals surface area contributed by atoms with Gasteiger partial charge in [0, 0.05) is 17.1 Å². The zero-order valence-corrected chi connectivity index (χ0v) is 15.5. The summed E-state index contributed by atoms with van der Waals surface area (Å²) in [5, 5.41) is 15.5. The molecule has 5 nitrogen and oxygen atoms in total. The van der Waals surface area contributed by atoms with E-state index in [0.717, 1.165) is 22.5 Å². The van der Waals surface area contributed by atoms with Crippen LogP contribution in [0.25, 0.3) is 0 Å². The first-order chi connectivity index (χ1) is 12.0. The highest BCUT2D eigenvalue weighted by molar-refractivity contribution is 7.99. The fraction of sp³-hybridized carbons (Fsp3) is 0.222. The smallest absolute Gasteiger partial charge is 0.122 e. The van der Waals surface area contributed by atoms with E-state index >= 15 is 0 Å². The number of hydrogen-bond acceptors (Lipinski definition) is 6. The Morgan fingerprint density at radius 3 is 2.76 bits per heavy atom. The molecule has 2 rings (SSSR count). The molecule has 0 bridgehead atoms. The number of ether oxygens (including phenoxy) is 1. The predicted molar refractivity (Wildman–Crippen MR) is 101 cm³/mol. The number of anilines is 1. The Morgan fingerprint density at radius 1 is 1.32 bits per heavy atom. The lowest BCUT2D eigenvalue weighted by molar-refractivity contribution is -0.301. The Balaban J connectivity index is 2.15. The second-order valence-corrected chi connectivity index (χ2v) is 6.57. The molecule has 0 amide bonds. The Labute approximate surface area is 156 Å². The molecule has 0 unspecified atom stereocenters. The van der Waals surface area contributed by atoms with Crippen LogP contribution in [0, 0.1) is 0 Å². The Hall–Kier alpha value is -2.18. The van der Waals surface area contributed by atoms with Crippen molar-refractivity contribution >= 4 is 40.7 Å². The van der Waals surface area contributed by atoms with Gasteiger partial charge < -0.3 is 14.6 Å². The number of benzene rings is 2. The minimum Gasteiger partial charge on any atom is -0.549 e. The van der Waals surface area contributed by atoms with Gasteiger partial charge in [0.15, 0.2) is 0 Å². The highest BCUT2D eigenvalue weighted by atomic mass is 35.5. The topological polar surface area (TPSA) is 73.8 Å². The summed E-state index contributed by atoms with van der Waals surface area (Å²) >= 11 is 7.36. The molecular formula is C18H18ClN2O3S-. The second-order valence-electron chi connectivity index (χ2n) is 5.18. The predicted octanol–water partition coefficient (Wildman–Crippen LogP) is 3.17. The van der Waals surface area contributed by atoms with Gasteiger partial charge in [0.2, 0.25) is 0 Å². The van der Waals surface area contributed by atoms with Gasteiger partial charge in [-0.2, -0.15) is 16.9 Å². The molecule has 0 saturated carbocycles. The van der Waals surface area contributed by atoms with Gasteiger partial charge in [-0.15, -0.1) is 0 Å². The van der Waals surface area contributed by atoms with Gasteiger partial charge in [-0.3, -0.25) is 5.43 Å². The first-order valence-electron chi connectivity index (χ1n) is 7.51. The van der Waals surface area contributed by atoms with E-state index in [1.54, 1.807) is 13.2 Å². The number of hydrogen-bond donors (Lipinski definition) is 1. The van der Waals surface area contributed by atoms with Crippen LogP contribution in [-0.4, -0.2) is 24.5 Å². The summed E-state index contributed by atoms with van der Waals surface area (Å²) in [7, 11) is 1.59. The summed E-state index contributed by atoms with van der Waals surface area (Å²) in [6, 6.07) is 13.0. The third kappa shape index (κ3) is 5.69. The minimum absolute atomic E-state index is 0.0610. The van der Waals surface area contributed by atoms with E-state index in [9.17, 15) is 9.90 Å². The van der Waals surface area contributed by atoms with Gasteiger partial charge in [-0.1, -0.05) is 23.7 Å². The molecule has 0 aromatic heterocycles. The largest absolute Gasteiger partial charge is 0.549 e. The van der Waals surface area contributed by atoms with Crippen LogP contribution in [0.3, 0.4) is 0 Å². The standard InChI is InChI=1S/C18H19ClN2O3S/c1-12(20-21-16-6-4-3-5-15(16)19)13-7-8-17(24-2)14(9-13)10-25-11-18(22)23/h3-9,21H,10-11H2,1-2H3,(H,22,23)/p-1/b20-12-. The van der Waals surface area contributed by atoms with Crippen molar-refractivity contribution in [3.05, 3.63) is 58.6 Å². The van der Waals surface area contributed by atoms with E-state index in [0.29, 0.717) is 16.5 Å². The third-order valence-electron chi connectivity index (χ3n) is 3.39. The maximum Gasteiger partial charge on any atom is 0.122 e. The van der Waals surface area contributed by atoms with Gasteiger partial charge in [0.25, 0.3) is 0 Å². The van der Waals surface area contributed by atoms with Gasteiger partial charge in [0.1, 0.15) is 5.75 Å². The first-order valence-corrected chi connectivity index (χ1v) is 9.04. The first kappa shape index (κ1) is 19.1. The fourth-order valence-electron chi connectivity index (χ4n) is 2.12. The molecule has 2 aromatic carbocycles. The van der Waals surface area contributed by atoms with Gasteiger partial charge in [0.05, 0.1) is 29.5 Å². The van der Waals surface area contributed by atoms with Gasteiger partial charge in [-0.05, 0) is 42.8 Å². The fourth-order valence-corrected chi connectivity index (χ4v) is 3.01. The summed E-state index contributed by atoms with van der Waals surface area (Å²) in [5.41, 5.74) is 6.26. The number of hydrazone groups is 1. The van der Waals surface area contributed by atoms with Crippen molar-refractivity contribution in [1.82, 2.24) is 0 Å². The number of carboxylic acid groups (broad SMARTS) is 1. The van der Waals surface area contributed by atoms with Crippen molar-refractivity contribution in [2.75, 3.05) is 18.3 Å². The van der Waals surface area contributed by atoms with Crippen molar-refractivity contribution in [1.29, 1.82) is 0 Å².